The van der Waals surface area contributed by atoms with Gasteiger partial charge in [-0.15, -0.1) is 0 Å². The van der Waals surface area contributed by atoms with Crippen molar-refractivity contribution in [1.29, 1.82) is 0 Å². The highest BCUT2D eigenvalue weighted by molar-refractivity contribution is 7.81. The summed E-state index contributed by atoms with van der Waals surface area (Å²) in [6.07, 6.45) is 1.88. The highest BCUT2D eigenvalue weighted by Gasteiger charge is 2.05. The van der Waals surface area contributed by atoms with Gasteiger partial charge in [0.05, 0.1) is 18.5 Å². The van der Waals surface area contributed by atoms with Gasteiger partial charge in [-0.3, -0.25) is 4.79 Å². The Morgan fingerprint density at radius 2 is 2.07 bits per heavy atom. The fourth-order valence-electron chi connectivity index (χ4n) is 0.933. The zero-order chi connectivity index (χ0) is 11.5. The Bertz CT molecular complexity index is 165. The molecule has 1 amide bonds. The molecule has 0 aliphatic rings. The van der Waals surface area contributed by atoms with Crippen LogP contribution in [0.25, 0.3) is 0 Å². The van der Waals surface area contributed by atoms with E-state index in [0.29, 0.717) is 19.8 Å². The van der Waals surface area contributed by atoms with Crippen LogP contribution in [-0.2, 0) is 14.3 Å². The molecule has 90 valence electrons. The molecule has 1 unspecified atom stereocenters. The van der Waals surface area contributed by atoms with Gasteiger partial charge >= 0.3 is 0 Å². The molecule has 5 heteroatoms. The number of carbonyl (C=O) groups excluding carboxylic acids is 1. The van der Waals surface area contributed by atoms with E-state index in [2.05, 4.69) is 17.9 Å². The standard InChI is InChI=1S/C10H21NO3S/c1-9(15)10(12)11-5-3-4-6-14-8-7-13-2/h9,15H,3-8H2,1-2H3,(H,11,12). The van der Waals surface area contributed by atoms with E-state index in [1.165, 1.54) is 0 Å². The van der Waals surface area contributed by atoms with Gasteiger partial charge in [0.15, 0.2) is 0 Å². The number of hydrogen-bond donors (Lipinski definition) is 2. The third-order valence-corrected chi connectivity index (χ3v) is 2.06. The maximum atomic E-state index is 11.1. The molecule has 0 heterocycles. The van der Waals surface area contributed by atoms with Crippen molar-refractivity contribution < 1.29 is 14.3 Å². The highest BCUT2D eigenvalue weighted by atomic mass is 32.1. The lowest BCUT2D eigenvalue weighted by Crippen LogP contribution is -2.30. The van der Waals surface area contributed by atoms with Crippen LogP contribution in [0.5, 0.6) is 0 Å². The summed E-state index contributed by atoms with van der Waals surface area (Å²) in [6.45, 7) is 4.43. The van der Waals surface area contributed by atoms with Crippen molar-refractivity contribution in [1.82, 2.24) is 5.32 Å². The predicted octanol–water partition coefficient (Wildman–Crippen LogP) is 0.864. The predicted molar refractivity (Wildman–Crippen MR) is 63.4 cm³/mol. The van der Waals surface area contributed by atoms with Crippen molar-refractivity contribution in [3.63, 3.8) is 0 Å². The van der Waals surface area contributed by atoms with Gasteiger partial charge in [0.25, 0.3) is 0 Å². The molecule has 0 aromatic heterocycles. The van der Waals surface area contributed by atoms with E-state index in [1.54, 1.807) is 14.0 Å². The summed E-state index contributed by atoms with van der Waals surface area (Å²) < 4.78 is 10.1. The van der Waals surface area contributed by atoms with Crippen LogP contribution in [0.3, 0.4) is 0 Å². The summed E-state index contributed by atoms with van der Waals surface area (Å²) >= 11 is 4.02. The van der Waals surface area contributed by atoms with Gasteiger partial charge in [0.2, 0.25) is 5.91 Å². The van der Waals surface area contributed by atoms with Gasteiger partial charge in [-0.2, -0.15) is 12.6 Å². The summed E-state index contributed by atoms with van der Waals surface area (Å²) in [7, 11) is 1.65. The molecule has 0 fully saturated rings. The largest absolute Gasteiger partial charge is 0.382 e. The van der Waals surface area contributed by atoms with Crippen LogP contribution < -0.4 is 5.32 Å². The Hall–Kier alpha value is -0.260. The Morgan fingerprint density at radius 1 is 1.33 bits per heavy atom. The molecule has 0 saturated carbocycles. The average Bonchev–Trinajstić information content (AvgIpc) is 2.21. The number of hydrogen-bond acceptors (Lipinski definition) is 4. The third-order valence-electron chi connectivity index (χ3n) is 1.83. The number of ether oxygens (including phenoxy) is 2. The first-order valence-corrected chi connectivity index (χ1v) is 5.72. The van der Waals surface area contributed by atoms with Crippen LogP contribution in [-0.4, -0.2) is 44.6 Å². The van der Waals surface area contributed by atoms with Gasteiger partial charge in [0, 0.05) is 20.3 Å². The quantitative estimate of drug-likeness (QED) is 0.460. The Balaban J connectivity index is 3.08. The number of methoxy groups -OCH3 is 1. The van der Waals surface area contributed by atoms with Gasteiger partial charge in [-0.25, -0.2) is 0 Å². The van der Waals surface area contributed by atoms with Crippen molar-refractivity contribution in [3.05, 3.63) is 0 Å². The fraction of sp³-hybridized carbons (Fsp3) is 0.900. The number of rotatable bonds is 9. The van der Waals surface area contributed by atoms with E-state index in [4.69, 9.17) is 9.47 Å². The molecule has 0 spiro atoms. The zero-order valence-corrected chi connectivity index (χ0v) is 10.4. The molecule has 0 rings (SSSR count). The van der Waals surface area contributed by atoms with Crippen LogP contribution >= 0.6 is 12.6 Å². The maximum absolute atomic E-state index is 11.1. The SMILES string of the molecule is COCCOCCCCNC(=O)C(C)S. The molecule has 0 bridgehead atoms. The summed E-state index contributed by atoms with van der Waals surface area (Å²) in [5.41, 5.74) is 0. The molecule has 15 heavy (non-hydrogen) atoms. The van der Waals surface area contributed by atoms with Crippen molar-refractivity contribution in [2.75, 3.05) is 33.5 Å². The molecule has 1 atom stereocenters. The molecular formula is C10H21NO3S. The van der Waals surface area contributed by atoms with Gasteiger partial charge < -0.3 is 14.8 Å². The van der Waals surface area contributed by atoms with Crippen LogP contribution in [0.1, 0.15) is 19.8 Å². The van der Waals surface area contributed by atoms with Gasteiger partial charge in [-0.1, -0.05) is 0 Å². The second kappa shape index (κ2) is 10.3. The highest BCUT2D eigenvalue weighted by Crippen LogP contribution is 1.93. The van der Waals surface area contributed by atoms with Crippen molar-refractivity contribution in [2.24, 2.45) is 0 Å². The molecular weight excluding hydrogens is 214 g/mol. The summed E-state index contributed by atoms with van der Waals surface area (Å²) in [5, 5.41) is 2.56. The minimum atomic E-state index is -0.233. The van der Waals surface area contributed by atoms with Crippen LogP contribution in [0.2, 0.25) is 0 Å². The van der Waals surface area contributed by atoms with Gasteiger partial charge in [-0.05, 0) is 19.8 Å². The Morgan fingerprint density at radius 3 is 2.67 bits per heavy atom. The van der Waals surface area contributed by atoms with Crippen LogP contribution in [0.4, 0.5) is 0 Å². The Labute approximate surface area is 97.1 Å². The molecule has 4 nitrogen and oxygen atoms in total. The van der Waals surface area contributed by atoms with E-state index < -0.39 is 0 Å². The second-order valence-corrected chi connectivity index (χ2v) is 4.05. The van der Waals surface area contributed by atoms with Crippen molar-refractivity contribution >= 4 is 18.5 Å². The number of nitrogens with one attached hydrogen (secondary N) is 1. The minimum Gasteiger partial charge on any atom is -0.382 e. The van der Waals surface area contributed by atoms with Crippen molar-refractivity contribution in [2.45, 2.75) is 25.0 Å². The normalized spacial score (nSPS) is 12.5. The lowest BCUT2D eigenvalue weighted by molar-refractivity contribution is -0.120. The summed E-state index contributed by atoms with van der Waals surface area (Å²) in [4.78, 5) is 11.1. The van der Waals surface area contributed by atoms with E-state index in [0.717, 1.165) is 19.4 Å². The smallest absolute Gasteiger partial charge is 0.232 e. The van der Waals surface area contributed by atoms with Crippen LogP contribution in [0, 0.1) is 0 Å². The molecule has 1 N–H and O–H groups in total. The van der Waals surface area contributed by atoms with E-state index >= 15 is 0 Å². The topological polar surface area (TPSA) is 47.6 Å². The van der Waals surface area contributed by atoms with Gasteiger partial charge in [0.1, 0.15) is 0 Å². The molecule has 0 saturated heterocycles. The fourth-order valence-corrected chi connectivity index (χ4v) is 1.02. The average molecular weight is 235 g/mol. The second-order valence-electron chi connectivity index (χ2n) is 3.28. The molecule has 0 aromatic carbocycles. The molecule has 0 aromatic rings. The Kier molecular flexibility index (Phi) is 10.1. The first-order chi connectivity index (χ1) is 7.18. The summed E-state index contributed by atoms with van der Waals surface area (Å²) in [5.74, 6) is -0.0152. The van der Waals surface area contributed by atoms with Crippen molar-refractivity contribution in [3.8, 4) is 0 Å². The summed E-state index contributed by atoms with van der Waals surface area (Å²) in [6, 6.07) is 0. The minimum absolute atomic E-state index is 0.0152. The number of amides is 1. The molecule has 0 aliphatic heterocycles. The number of thiol groups is 1. The van der Waals surface area contributed by atoms with E-state index in [1.807, 2.05) is 0 Å². The van der Waals surface area contributed by atoms with E-state index in [-0.39, 0.29) is 11.2 Å². The monoisotopic (exact) mass is 235 g/mol. The lowest BCUT2D eigenvalue weighted by Gasteiger charge is -2.07. The maximum Gasteiger partial charge on any atom is 0.232 e. The zero-order valence-electron chi connectivity index (χ0n) is 9.49. The first kappa shape index (κ1) is 14.7. The molecule has 0 radical (unpaired) electrons. The van der Waals surface area contributed by atoms with Crippen LogP contribution in [0.15, 0.2) is 0 Å². The first-order valence-electron chi connectivity index (χ1n) is 5.21. The third kappa shape index (κ3) is 10.0. The van der Waals surface area contributed by atoms with E-state index in [9.17, 15) is 4.79 Å². The number of carbonyl (C=O) groups is 1. The number of unbranched alkanes of at least 4 members (excludes halogenated alkanes) is 1. The molecule has 0 aliphatic carbocycles. The lowest BCUT2D eigenvalue weighted by atomic mass is 10.3.